The van der Waals surface area contributed by atoms with Crippen LogP contribution in [0, 0.1) is 5.92 Å². The molecule has 1 unspecified atom stereocenters. The molecule has 0 aliphatic rings. The van der Waals surface area contributed by atoms with E-state index < -0.39 is 5.97 Å². The number of carboxylic acids is 1. The average molecular weight is 245 g/mol. The van der Waals surface area contributed by atoms with Gasteiger partial charge in [0, 0.05) is 19.6 Å². The third-order valence-electron chi connectivity index (χ3n) is 2.73. The smallest absolute Gasteiger partial charge is 0.303 e. The fourth-order valence-electron chi connectivity index (χ4n) is 1.48. The molecule has 0 aliphatic heterocycles. The Hall–Kier alpha value is -0.610. The Morgan fingerprint density at radius 2 is 2.06 bits per heavy atom. The molecule has 0 heterocycles. The number of ether oxygens (including phenoxy) is 1. The molecule has 0 saturated carbocycles. The van der Waals surface area contributed by atoms with Gasteiger partial charge in [-0.15, -0.1) is 0 Å². The zero-order chi connectivity index (χ0) is 12.9. The van der Waals surface area contributed by atoms with Gasteiger partial charge in [0.05, 0.1) is 6.61 Å². The standard InChI is InChI=1S/C13H27NO3/c1-3-4-10-17-11-9-14-8-7-12(2)5-6-13(15)16/h12,14H,3-11H2,1-2H3,(H,15,16). The van der Waals surface area contributed by atoms with E-state index in [9.17, 15) is 4.79 Å². The minimum absolute atomic E-state index is 0.279. The first-order valence-corrected chi connectivity index (χ1v) is 6.67. The van der Waals surface area contributed by atoms with Crippen molar-refractivity contribution in [1.29, 1.82) is 0 Å². The van der Waals surface area contributed by atoms with Gasteiger partial charge in [-0.05, 0) is 31.7 Å². The average Bonchev–Trinajstić information content (AvgIpc) is 2.30. The summed E-state index contributed by atoms with van der Waals surface area (Å²) >= 11 is 0. The fraction of sp³-hybridized carbons (Fsp3) is 0.923. The van der Waals surface area contributed by atoms with Crippen molar-refractivity contribution in [2.75, 3.05) is 26.3 Å². The molecule has 17 heavy (non-hydrogen) atoms. The highest BCUT2D eigenvalue weighted by molar-refractivity contribution is 5.66. The van der Waals surface area contributed by atoms with Crippen LogP contribution in [0.1, 0.15) is 46.0 Å². The van der Waals surface area contributed by atoms with Gasteiger partial charge in [0.15, 0.2) is 0 Å². The van der Waals surface area contributed by atoms with E-state index in [0.717, 1.165) is 45.6 Å². The summed E-state index contributed by atoms with van der Waals surface area (Å²) in [7, 11) is 0. The van der Waals surface area contributed by atoms with Crippen molar-refractivity contribution >= 4 is 5.97 Å². The van der Waals surface area contributed by atoms with E-state index in [1.165, 1.54) is 6.42 Å². The Morgan fingerprint density at radius 3 is 2.71 bits per heavy atom. The molecule has 1 atom stereocenters. The van der Waals surface area contributed by atoms with Gasteiger partial charge < -0.3 is 15.2 Å². The fourth-order valence-corrected chi connectivity index (χ4v) is 1.48. The normalized spacial score (nSPS) is 12.6. The predicted octanol–water partition coefficient (Wildman–Crippen LogP) is 2.28. The number of unbranched alkanes of at least 4 members (excludes halogenated alkanes) is 1. The molecule has 0 aliphatic carbocycles. The maximum Gasteiger partial charge on any atom is 0.303 e. The van der Waals surface area contributed by atoms with Crippen LogP contribution in [0.2, 0.25) is 0 Å². The minimum Gasteiger partial charge on any atom is -0.481 e. The Bertz CT molecular complexity index is 186. The van der Waals surface area contributed by atoms with Crippen LogP contribution in [0.4, 0.5) is 0 Å². The molecular weight excluding hydrogens is 218 g/mol. The van der Waals surface area contributed by atoms with Crippen molar-refractivity contribution in [3.63, 3.8) is 0 Å². The molecule has 0 rings (SSSR count). The zero-order valence-electron chi connectivity index (χ0n) is 11.2. The van der Waals surface area contributed by atoms with Gasteiger partial charge in [-0.2, -0.15) is 0 Å². The molecule has 4 heteroatoms. The lowest BCUT2D eigenvalue weighted by Gasteiger charge is -2.10. The number of carboxylic acid groups (broad SMARTS) is 1. The highest BCUT2D eigenvalue weighted by Crippen LogP contribution is 2.08. The van der Waals surface area contributed by atoms with Crippen molar-refractivity contribution in [2.45, 2.75) is 46.0 Å². The molecule has 0 fully saturated rings. The first kappa shape index (κ1) is 16.4. The second-order valence-electron chi connectivity index (χ2n) is 4.54. The van der Waals surface area contributed by atoms with Gasteiger partial charge in [0.1, 0.15) is 0 Å². The number of hydrogen-bond acceptors (Lipinski definition) is 3. The van der Waals surface area contributed by atoms with E-state index >= 15 is 0 Å². The monoisotopic (exact) mass is 245 g/mol. The summed E-state index contributed by atoms with van der Waals surface area (Å²) in [6, 6.07) is 0. The van der Waals surface area contributed by atoms with E-state index in [1.807, 2.05) is 0 Å². The van der Waals surface area contributed by atoms with Gasteiger partial charge in [-0.1, -0.05) is 20.3 Å². The van der Waals surface area contributed by atoms with Gasteiger partial charge >= 0.3 is 5.97 Å². The van der Waals surface area contributed by atoms with Gasteiger partial charge in [0.2, 0.25) is 0 Å². The summed E-state index contributed by atoms with van der Waals surface area (Å²) in [5.74, 6) is -0.228. The Labute approximate surface area is 105 Å². The van der Waals surface area contributed by atoms with Crippen LogP contribution in [-0.2, 0) is 9.53 Å². The molecule has 0 spiro atoms. The second kappa shape index (κ2) is 11.9. The molecule has 4 nitrogen and oxygen atoms in total. The lowest BCUT2D eigenvalue weighted by molar-refractivity contribution is -0.137. The molecule has 102 valence electrons. The molecule has 0 amide bonds. The van der Waals surface area contributed by atoms with Crippen molar-refractivity contribution in [1.82, 2.24) is 5.32 Å². The SMILES string of the molecule is CCCCOCCNCCC(C)CCC(=O)O. The number of rotatable bonds is 12. The molecule has 0 radical (unpaired) electrons. The third kappa shape index (κ3) is 13.3. The molecule has 0 bridgehead atoms. The highest BCUT2D eigenvalue weighted by atomic mass is 16.5. The van der Waals surface area contributed by atoms with Gasteiger partial charge in [0.25, 0.3) is 0 Å². The topological polar surface area (TPSA) is 58.6 Å². The molecule has 2 N–H and O–H groups in total. The highest BCUT2D eigenvalue weighted by Gasteiger charge is 2.04. The van der Waals surface area contributed by atoms with Crippen molar-refractivity contribution in [3.05, 3.63) is 0 Å². The maximum absolute atomic E-state index is 10.4. The summed E-state index contributed by atoms with van der Waals surface area (Å²) in [5.41, 5.74) is 0. The zero-order valence-corrected chi connectivity index (χ0v) is 11.2. The molecule has 0 saturated heterocycles. The van der Waals surface area contributed by atoms with E-state index in [0.29, 0.717) is 5.92 Å². The number of aliphatic carboxylic acids is 1. The first-order chi connectivity index (χ1) is 8.16. The van der Waals surface area contributed by atoms with Crippen LogP contribution in [0.25, 0.3) is 0 Å². The van der Waals surface area contributed by atoms with Gasteiger partial charge in [-0.25, -0.2) is 0 Å². The third-order valence-corrected chi connectivity index (χ3v) is 2.73. The van der Waals surface area contributed by atoms with Crippen molar-refractivity contribution in [2.24, 2.45) is 5.92 Å². The summed E-state index contributed by atoms with van der Waals surface area (Å²) in [5, 5.41) is 11.9. The van der Waals surface area contributed by atoms with E-state index in [2.05, 4.69) is 19.2 Å². The maximum atomic E-state index is 10.4. The molecule has 0 aromatic carbocycles. The summed E-state index contributed by atoms with van der Waals surface area (Å²) < 4.78 is 5.42. The van der Waals surface area contributed by atoms with Crippen LogP contribution in [0.3, 0.4) is 0 Å². The molecular formula is C13H27NO3. The predicted molar refractivity (Wildman–Crippen MR) is 69.2 cm³/mol. The Balaban J connectivity index is 3.13. The first-order valence-electron chi connectivity index (χ1n) is 6.67. The van der Waals surface area contributed by atoms with E-state index in [-0.39, 0.29) is 6.42 Å². The van der Waals surface area contributed by atoms with Crippen LogP contribution in [0.15, 0.2) is 0 Å². The molecule has 0 aromatic rings. The minimum atomic E-state index is -0.700. The lowest BCUT2D eigenvalue weighted by atomic mass is 10.0. The summed E-state index contributed by atoms with van der Waals surface area (Å²) in [4.78, 5) is 10.4. The number of nitrogens with one attached hydrogen (secondary N) is 1. The van der Waals surface area contributed by atoms with E-state index in [1.54, 1.807) is 0 Å². The van der Waals surface area contributed by atoms with Crippen LogP contribution < -0.4 is 5.32 Å². The summed E-state index contributed by atoms with van der Waals surface area (Å²) in [6.07, 6.45) is 4.38. The van der Waals surface area contributed by atoms with E-state index in [4.69, 9.17) is 9.84 Å². The molecule has 0 aromatic heterocycles. The van der Waals surface area contributed by atoms with Crippen LogP contribution in [-0.4, -0.2) is 37.4 Å². The van der Waals surface area contributed by atoms with Crippen LogP contribution >= 0.6 is 0 Å². The van der Waals surface area contributed by atoms with Gasteiger partial charge in [-0.3, -0.25) is 4.79 Å². The van der Waals surface area contributed by atoms with Crippen molar-refractivity contribution in [3.8, 4) is 0 Å². The Morgan fingerprint density at radius 1 is 1.29 bits per heavy atom. The lowest BCUT2D eigenvalue weighted by Crippen LogP contribution is -2.22. The quantitative estimate of drug-likeness (QED) is 0.518. The Kier molecular flexibility index (Phi) is 11.4. The van der Waals surface area contributed by atoms with Crippen LogP contribution in [0.5, 0.6) is 0 Å². The number of hydrogen-bond donors (Lipinski definition) is 2. The number of carbonyl (C=O) groups is 1. The second-order valence-corrected chi connectivity index (χ2v) is 4.54. The summed E-state index contributed by atoms with van der Waals surface area (Å²) in [6.45, 7) is 7.70. The largest absolute Gasteiger partial charge is 0.481 e. The van der Waals surface area contributed by atoms with Crippen molar-refractivity contribution < 1.29 is 14.6 Å².